The van der Waals surface area contributed by atoms with Crippen LogP contribution >= 0.6 is 27.3 Å². The third-order valence-corrected chi connectivity index (χ3v) is 4.62. The Morgan fingerprint density at radius 3 is 3.00 bits per heavy atom. The molecule has 3 N–H and O–H groups in total. The second kappa shape index (κ2) is 5.90. The highest BCUT2D eigenvalue weighted by Crippen LogP contribution is 2.33. The zero-order valence-corrected chi connectivity index (χ0v) is 12.4. The molecule has 1 aromatic heterocycles. The Hall–Kier alpha value is -0.790. The minimum Gasteiger partial charge on any atom is -0.389 e. The second-order valence-corrected chi connectivity index (χ2v) is 6.31. The molecule has 0 radical (unpaired) electrons. The van der Waals surface area contributed by atoms with Crippen LogP contribution < -0.4 is 5.32 Å². The molecule has 0 amide bonds. The molecular weight excluding hydrogens is 316 g/mol. The summed E-state index contributed by atoms with van der Waals surface area (Å²) < 4.78 is 0.620. The molecule has 1 aromatic rings. The van der Waals surface area contributed by atoms with Crippen molar-refractivity contribution < 1.29 is 5.11 Å². The zero-order valence-electron chi connectivity index (χ0n) is 9.98. The van der Waals surface area contributed by atoms with Gasteiger partial charge in [0, 0.05) is 12.7 Å². The van der Waals surface area contributed by atoms with E-state index in [0.29, 0.717) is 15.2 Å². The summed E-state index contributed by atoms with van der Waals surface area (Å²) in [6, 6.07) is 0. The van der Waals surface area contributed by atoms with Crippen LogP contribution in [-0.2, 0) is 0 Å². The van der Waals surface area contributed by atoms with Gasteiger partial charge in [0.15, 0.2) is 0 Å². The van der Waals surface area contributed by atoms with Crippen molar-refractivity contribution in [3.8, 4) is 0 Å². The van der Waals surface area contributed by atoms with Crippen molar-refractivity contribution in [2.75, 3.05) is 6.54 Å². The summed E-state index contributed by atoms with van der Waals surface area (Å²) in [7, 11) is 0. The molecule has 7 heteroatoms. The summed E-state index contributed by atoms with van der Waals surface area (Å²) >= 11 is 4.70. The van der Waals surface area contributed by atoms with E-state index < -0.39 is 6.10 Å². The maximum atomic E-state index is 10.2. The van der Waals surface area contributed by atoms with Crippen molar-refractivity contribution in [1.29, 1.82) is 5.53 Å². The molecule has 1 unspecified atom stereocenters. The molecule has 5 nitrogen and oxygen atoms in total. The number of aliphatic hydroxyl groups excluding tert-OH is 1. The fraction of sp³-hybridized carbons (Fsp3) is 0.545. The SMILES string of the molecule is Cc1nc(Br)c(C(O)/C(=C/NCC2CC2)N=N)s1. The Morgan fingerprint density at radius 2 is 2.50 bits per heavy atom. The summed E-state index contributed by atoms with van der Waals surface area (Å²) in [5.41, 5.74) is 7.45. The van der Waals surface area contributed by atoms with Crippen LogP contribution in [0.3, 0.4) is 0 Å². The number of hydrogen-bond donors (Lipinski definition) is 3. The van der Waals surface area contributed by atoms with Gasteiger partial charge in [-0.2, -0.15) is 5.11 Å². The van der Waals surface area contributed by atoms with E-state index in [1.165, 1.54) is 24.2 Å². The lowest BCUT2D eigenvalue weighted by Crippen LogP contribution is -2.11. The first kappa shape index (κ1) is 13.6. The lowest BCUT2D eigenvalue weighted by Gasteiger charge is -2.09. The maximum Gasteiger partial charge on any atom is 0.136 e. The van der Waals surface area contributed by atoms with E-state index in [2.05, 4.69) is 31.3 Å². The zero-order chi connectivity index (χ0) is 13.1. The molecule has 18 heavy (non-hydrogen) atoms. The second-order valence-electron chi connectivity index (χ2n) is 4.32. The Labute approximate surface area is 118 Å². The van der Waals surface area contributed by atoms with Gasteiger partial charge in [0.2, 0.25) is 0 Å². The first-order chi connectivity index (χ1) is 8.61. The van der Waals surface area contributed by atoms with E-state index in [4.69, 9.17) is 5.53 Å². The number of hydrogen-bond acceptors (Lipinski definition) is 6. The van der Waals surface area contributed by atoms with E-state index >= 15 is 0 Å². The Morgan fingerprint density at radius 1 is 1.78 bits per heavy atom. The van der Waals surface area contributed by atoms with E-state index in [-0.39, 0.29) is 0 Å². The number of aliphatic hydroxyl groups is 1. The van der Waals surface area contributed by atoms with Crippen LogP contribution in [0.2, 0.25) is 0 Å². The highest BCUT2D eigenvalue weighted by Gasteiger charge is 2.22. The van der Waals surface area contributed by atoms with Crippen molar-refractivity contribution >= 4 is 27.3 Å². The van der Waals surface area contributed by atoms with Gasteiger partial charge < -0.3 is 10.4 Å². The van der Waals surface area contributed by atoms with E-state index in [0.717, 1.165) is 17.5 Å². The first-order valence-electron chi connectivity index (χ1n) is 5.73. The van der Waals surface area contributed by atoms with Gasteiger partial charge in [-0.25, -0.2) is 10.5 Å². The van der Waals surface area contributed by atoms with E-state index in [1.54, 1.807) is 6.20 Å². The Bertz CT molecular complexity index is 470. The van der Waals surface area contributed by atoms with Gasteiger partial charge >= 0.3 is 0 Å². The smallest absolute Gasteiger partial charge is 0.136 e. The third kappa shape index (κ3) is 3.37. The van der Waals surface area contributed by atoms with Gasteiger partial charge in [-0.3, -0.25) is 0 Å². The minimum atomic E-state index is -0.908. The average molecular weight is 331 g/mol. The number of halogens is 1. The monoisotopic (exact) mass is 330 g/mol. The van der Waals surface area contributed by atoms with Crippen LogP contribution in [0.1, 0.15) is 28.8 Å². The molecule has 0 saturated heterocycles. The largest absolute Gasteiger partial charge is 0.389 e. The highest BCUT2D eigenvalue weighted by molar-refractivity contribution is 9.10. The third-order valence-electron chi connectivity index (χ3n) is 2.73. The van der Waals surface area contributed by atoms with Gasteiger partial charge in [0.25, 0.3) is 0 Å². The van der Waals surface area contributed by atoms with Crippen LogP contribution in [-0.4, -0.2) is 16.6 Å². The predicted molar refractivity (Wildman–Crippen MR) is 73.5 cm³/mol. The predicted octanol–water partition coefficient (Wildman–Crippen LogP) is 3.12. The van der Waals surface area contributed by atoms with Crippen LogP contribution in [0.15, 0.2) is 21.6 Å². The van der Waals surface area contributed by atoms with Crippen molar-refractivity contribution in [1.82, 2.24) is 10.3 Å². The summed E-state index contributed by atoms with van der Waals surface area (Å²) in [5.74, 6) is 0.739. The van der Waals surface area contributed by atoms with E-state index in [9.17, 15) is 5.11 Å². The molecule has 1 aliphatic carbocycles. The van der Waals surface area contributed by atoms with Crippen LogP contribution in [0, 0.1) is 18.4 Å². The quantitative estimate of drug-likeness (QED) is 0.701. The molecular formula is C11H15BrN4OS. The lowest BCUT2D eigenvalue weighted by molar-refractivity contribution is 0.214. The van der Waals surface area contributed by atoms with Crippen molar-refractivity contribution in [3.05, 3.63) is 26.4 Å². The molecule has 0 aromatic carbocycles. The van der Waals surface area contributed by atoms with Gasteiger partial charge in [0.1, 0.15) is 16.4 Å². The molecule has 2 rings (SSSR count). The summed E-state index contributed by atoms with van der Waals surface area (Å²) in [4.78, 5) is 4.88. The molecule has 0 spiro atoms. The van der Waals surface area contributed by atoms with E-state index in [1.807, 2.05) is 6.92 Å². The number of aromatic nitrogens is 1. The maximum absolute atomic E-state index is 10.2. The van der Waals surface area contributed by atoms with Gasteiger partial charge in [-0.05, 0) is 41.6 Å². The van der Waals surface area contributed by atoms with Crippen LogP contribution in [0.5, 0.6) is 0 Å². The molecule has 1 heterocycles. The molecule has 1 fully saturated rings. The number of nitrogens with zero attached hydrogens (tertiary/aromatic N) is 2. The topological polar surface area (TPSA) is 81.4 Å². The van der Waals surface area contributed by atoms with Crippen LogP contribution in [0.4, 0.5) is 0 Å². The molecule has 0 bridgehead atoms. The normalized spacial score (nSPS) is 17.6. The van der Waals surface area contributed by atoms with Crippen molar-refractivity contribution in [2.45, 2.75) is 25.9 Å². The summed E-state index contributed by atoms with van der Waals surface area (Å²) in [6.45, 7) is 2.76. The van der Waals surface area contributed by atoms with Crippen LogP contribution in [0.25, 0.3) is 0 Å². The van der Waals surface area contributed by atoms with Crippen molar-refractivity contribution in [3.63, 3.8) is 0 Å². The standard InChI is InChI=1S/C11H15BrN4OS/c1-6-15-11(12)10(18-6)9(17)8(16-13)5-14-4-7-2-3-7/h5,7,9,13-14,17H,2-4H2,1H3/b8-5-,16-13?. The number of thiazole rings is 1. The number of aryl methyl sites for hydroxylation is 1. The Balaban J connectivity index is 2.05. The fourth-order valence-corrected chi connectivity index (χ4v) is 3.21. The summed E-state index contributed by atoms with van der Waals surface area (Å²) in [6.07, 6.45) is 3.24. The fourth-order valence-electron chi connectivity index (χ4n) is 1.54. The number of rotatable bonds is 6. The Kier molecular flexibility index (Phi) is 4.47. The molecule has 98 valence electrons. The highest BCUT2D eigenvalue weighted by atomic mass is 79.9. The first-order valence-corrected chi connectivity index (χ1v) is 7.34. The van der Waals surface area contributed by atoms with Gasteiger partial charge in [-0.15, -0.1) is 11.3 Å². The van der Waals surface area contributed by atoms with Gasteiger partial charge in [0.05, 0.1) is 9.88 Å². The average Bonchev–Trinajstić information content (AvgIpc) is 3.09. The molecule has 0 aliphatic heterocycles. The van der Waals surface area contributed by atoms with Gasteiger partial charge in [-0.1, -0.05) is 0 Å². The van der Waals surface area contributed by atoms with Crippen molar-refractivity contribution in [2.24, 2.45) is 11.0 Å². The summed E-state index contributed by atoms with van der Waals surface area (Å²) in [5, 5.41) is 17.5. The molecule has 1 aliphatic rings. The minimum absolute atomic E-state index is 0.306. The number of nitrogens with one attached hydrogen (secondary N) is 2. The molecule has 1 atom stereocenters. The molecule has 1 saturated carbocycles. The lowest BCUT2D eigenvalue weighted by atomic mass is 10.2.